The number of rotatable bonds is 7. The van der Waals surface area contributed by atoms with Crippen LogP contribution in [0.5, 0.6) is 0 Å². The number of aromatic amines is 1. The Morgan fingerprint density at radius 3 is 2.62 bits per heavy atom. The van der Waals surface area contributed by atoms with Crippen LogP contribution in [0, 0.1) is 17.6 Å². The van der Waals surface area contributed by atoms with Gasteiger partial charge in [0.2, 0.25) is 0 Å². The molecule has 37 heavy (non-hydrogen) atoms. The number of carbonyl (C=O) groups excluding carboxylic acids is 1. The van der Waals surface area contributed by atoms with Crippen LogP contribution in [0.4, 0.5) is 14.5 Å². The Balaban J connectivity index is 1.18. The summed E-state index contributed by atoms with van der Waals surface area (Å²) in [6, 6.07) is 10.0. The summed E-state index contributed by atoms with van der Waals surface area (Å²) in [5, 5.41) is 2.80. The number of hydrogen-bond donors (Lipinski definition) is 3. The summed E-state index contributed by atoms with van der Waals surface area (Å²) in [7, 11) is 0. The van der Waals surface area contributed by atoms with Crippen molar-refractivity contribution >= 4 is 34.5 Å². The highest BCUT2D eigenvalue weighted by atomic mass is 19.1. The second-order valence-corrected chi connectivity index (χ2v) is 9.65. The van der Waals surface area contributed by atoms with Crippen LogP contribution < -0.4 is 11.1 Å². The van der Waals surface area contributed by atoms with E-state index in [1.807, 2.05) is 0 Å². The molecule has 0 unspecified atom stereocenters. The van der Waals surface area contributed by atoms with Crippen LogP contribution >= 0.6 is 0 Å². The summed E-state index contributed by atoms with van der Waals surface area (Å²) < 4.78 is 27.6. The number of halogens is 2. The quantitative estimate of drug-likeness (QED) is 0.327. The lowest BCUT2D eigenvalue weighted by molar-refractivity contribution is -0.0337. The largest absolute Gasteiger partial charge is 0.404 e. The van der Waals surface area contributed by atoms with Gasteiger partial charge in [-0.1, -0.05) is 0 Å². The second kappa shape index (κ2) is 8.88. The summed E-state index contributed by atoms with van der Waals surface area (Å²) in [6.45, 7) is 0.0641. The van der Waals surface area contributed by atoms with Crippen LogP contribution in [0.2, 0.25) is 0 Å². The number of aromatic nitrogens is 4. The first-order chi connectivity index (χ1) is 17.9. The zero-order chi connectivity index (χ0) is 25.6. The van der Waals surface area contributed by atoms with E-state index in [0.29, 0.717) is 33.6 Å². The zero-order valence-electron chi connectivity index (χ0n) is 19.7. The fourth-order valence-corrected chi connectivity index (χ4v) is 5.09. The molecular formula is C27H23F2N7O. The van der Waals surface area contributed by atoms with Crippen LogP contribution in [0.15, 0.2) is 60.0 Å². The van der Waals surface area contributed by atoms with Gasteiger partial charge in [-0.3, -0.25) is 9.79 Å². The number of carbonyl (C=O) groups is 1. The van der Waals surface area contributed by atoms with E-state index in [2.05, 4.69) is 30.2 Å². The van der Waals surface area contributed by atoms with Crippen molar-refractivity contribution in [3.05, 3.63) is 89.3 Å². The molecule has 2 bridgehead atoms. The Kier molecular flexibility index (Phi) is 5.51. The van der Waals surface area contributed by atoms with Gasteiger partial charge in [0, 0.05) is 29.9 Å². The SMILES string of the molecule is NC=C(C=Nc1ccc(F)cc1)c1cc(F)cc(CNC(=O)c2ncnc3nc(C45CC(C4)C5)[nH]c23)c1. The van der Waals surface area contributed by atoms with E-state index < -0.39 is 11.7 Å². The predicted molar refractivity (Wildman–Crippen MR) is 135 cm³/mol. The fraction of sp³-hybridized carbons (Fsp3) is 0.222. The van der Waals surface area contributed by atoms with Crippen molar-refractivity contribution in [1.29, 1.82) is 0 Å². The maximum Gasteiger partial charge on any atom is 0.272 e. The molecule has 2 heterocycles. The van der Waals surface area contributed by atoms with Crippen molar-refractivity contribution in [2.45, 2.75) is 31.2 Å². The number of nitrogens with one attached hydrogen (secondary N) is 2. The van der Waals surface area contributed by atoms with Crippen molar-refractivity contribution in [2.75, 3.05) is 0 Å². The number of nitrogens with zero attached hydrogens (tertiary/aromatic N) is 4. The Labute approximate surface area is 210 Å². The maximum atomic E-state index is 14.4. The van der Waals surface area contributed by atoms with Gasteiger partial charge in [-0.05, 0) is 78.8 Å². The number of aliphatic imine (C=N–C) groups is 1. The summed E-state index contributed by atoms with van der Waals surface area (Å²) in [4.78, 5) is 33.6. The van der Waals surface area contributed by atoms with E-state index in [1.165, 1.54) is 55.1 Å². The average molecular weight is 500 g/mol. The summed E-state index contributed by atoms with van der Waals surface area (Å²) in [6.07, 6.45) is 7.47. The number of allylic oxidation sites excluding steroid dienone is 1. The maximum absolute atomic E-state index is 14.4. The highest BCUT2D eigenvalue weighted by Crippen LogP contribution is 2.64. The van der Waals surface area contributed by atoms with E-state index >= 15 is 0 Å². The van der Waals surface area contributed by atoms with Crippen LogP contribution in [0.3, 0.4) is 0 Å². The van der Waals surface area contributed by atoms with Gasteiger partial charge in [0.25, 0.3) is 5.91 Å². The van der Waals surface area contributed by atoms with Crippen molar-refractivity contribution < 1.29 is 13.6 Å². The Morgan fingerprint density at radius 1 is 1.14 bits per heavy atom. The lowest BCUT2D eigenvalue weighted by atomic mass is 9.44. The Bertz CT molecular complexity index is 1560. The molecule has 7 rings (SSSR count). The molecule has 0 radical (unpaired) electrons. The lowest BCUT2D eigenvalue weighted by Gasteiger charge is -2.60. The zero-order valence-corrected chi connectivity index (χ0v) is 19.7. The molecule has 0 aliphatic heterocycles. The van der Waals surface area contributed by atoms with Gasteiger partial charge in [0.05, 0.1) is 5.69 Å². The number of amides is 1. The molecule has 0 atom stereocenters. The third-order valence-corrected chi connectivity index (χ3v) is 7.15. The van der Waals surface area contributed by atoms with Crippen molar-refractivity contribution in [1.82, 2.24) is 25.3 Å². The molecule has 0 spiro atoms. The smallest absolute Gasteiger partial charge is 0.272 e. The molecular weight excluding hydrogens is 476 g/mol. The Morgan fingerprint density at radius 2 is 1.92 bits per heavy atom. The molecule has 8 nitrogen and oxygen atoms in total. The molecule has 2 aromatic carbocycles. The standard InChI is InChI=1S/C27H23F2N7O/c28-19-1-3-21(4-2-19)31-13-18(11-30)17-5-15(6-20(29)7-17)12-32-25(37)23-22-24(34-14-33-23)36-26(35-22)27-8-16(9-27)10-27/h1-7,11,13-14,16H,8-10,12,30H2,(H,32,37)(H,33,34,35,36). The number of benzene rings is 2. The minimum atomic E-state index is -0.488. The number of fused-ring (bicyclic) bond motifs is 1. The molecule has 3 aliphatic carbocycles. The topological polar surface area (TPSA) is 122 Å². The third-order valence-electron chi connectivity index (χ3n) is 7.15. The van der Waals surface area contributed by atoms with Gasteiger partial charge in [-0.2, -0.15) is 0 Å². The molecule has 186 valence electrons. The summed E-state index contributed by atoms with van der Waals surface area (Å²) >= 11 is 0. The fourth-order valence-electron chi connectivity index (χ4n) is 5.09. The van der Waals surface area contributed by atoms with Crippen LogP contribution in [0.1, 0.15) is 46.7 Å². The predicted octanol–water partition coefficient (Wildman–Crippen LogP) is 4.31. The van der Waals surface area contributed by atoms with Crippen molar-refractivity contribution in [2.24, 2.45) is 16.6 Å². The molecule has 1 amide bonds. The number of H-pyrrole nitrogens is 1. The van der Waals surface area contributed by atoms with Crippen LogP contribution in [0.25, 0.3) is 16.7 Å². The highest BCUT2D eigenvalue weighted by Gasteiger charge is 2.59. The van der Waals surface area contributed by atoms with Gasteiger partial charge in [0.15, 0.2) is 11.3 Å². The normalized spacial score (nSPS) is 20.6. The van der Waals surface area contributed by atoms with Crippen molar-refractivity contribution in [3.63, 3.8) is 0 Å². The molecule has 3 saturated carbocycles. The number of imidazole rings is 1. The van der Waals surface area contributed by atoms with E-state index in [9.17, 15) is 13.6 Å². The molecule has 3 fully saturated rings. The van der Waals surface area contributed by atoms with E-state index in [4.69, 9.17) is 5.73 Å². The molecule has 4 N–H and O–H groups in total. The third kappa shape index (κ3) is 4.24. The summed E-state index contributed by atoms with van der Waals surface area (Å²) in [5.41, 5.74) is 9.04. The molecule has 2 aromatic heterocycles. The molecule has 10 heteroatoms. The van der Waals surface area contributed by atoms with Gasteiger partial charge in [0.1, 0.15) is 29.3 Å². The Hall–Kier alpha value is -4.47. The monoisotopic (exact) mass is 499 g/mol. The van der Waals surface area contributed by atoms with E-state index in [0.717, 1.165) is 31.0 Å². The first kappa shape index (κ1) is 23.0. The highest BCUT2D eigenvalue weighted by molar-refractivity contribution is 6.10. The molecule has 0 saturated heterocycles. The minimum Gasteiger partial charge on any atom is -0.404 e. The molecule has 3 aliphatic rings. The first-order valence-electron chi connectivity index (χ1n) is 11.9. The average Bonchev–Trinajstić information content (AvgIpc) is 3.25. The van der Waals surface area contributed by atoms with E-state index in [1.54, 1.807) is 6.07 Å². The van der Waals surface area contributed by atoms with Crippen LogP contribution in [-0.4, -0.2) is 32.1 Å². The molecule has 4 aromatic rings. The van der Waals surface area contributed by atoms with E-state index in [-0.39, 0.29) is 23.5 Å². The number of hydrogen-bond acceptors (Lipinski definition) is 6. The number of nitrogens with two attached hydrogens (primary N) is 1. The lowest BCUT2D eigenvalue weighted by Crippen LogP contribution is -2.55. The van der Waals surface area contributed by atoms with Crippen LogP contribution in [-0.2, 0) is 12.0 Å². The minimum absolute atomic E-state index is 0.0641. The van der Waals surface area contributed by atoms with Gasteiger partial charge in [-0.25, -0.2) is 23.7 Å². The van der Waals surface area contributed by atoms with Gasteiger partial charge < -0.3 is 16.0 Å². The summed E-state index contributed by atoms with van der Waals surface area (Å²) in [5.74, 6) is 0.395. The van der Waals surface area contributed by atoms with Gasteiger partial charge in [-0.15, -0.1) is 0 Å². The van der Waals surface area contributed by atoms with Crippen molar-refractivity contribution in [3.8, 4) is 0 Å². The first-order valence-corrected chi connectivity index (χ1v) is 11.9. The second-order valence-electron chi connectivity index (χ2n) is 9.65. The van der Waals surface area contributed by atoms with Gasteiger partial charge >= 0.3 is 0 Å².